The maximum Gasteiger partial charge on any atom is 0.249 e. The molecule has 5 N–H and O–H groups in total. The van der Waals surface area contributed by atoms with Gasteiger partial charge in [0, 0.05) is 0 Å². The van der Waals surface area contributed by atoms with E-state index in [1.807, 2.05) is 0 Å². The quantitative estimate of drug-likeness (QED) is 0.0308. The van der Waals surface area contributed by atoms with Gasteiger partial charge >= 0.3 is 0 Å². The molecule has 0 fully saturated rings. The van der Waals surface area contributed by atoms with E-state index in [0.717, 1.165) is 51.4 Å². The predicted molar refractivity (Wildman–Crippen MR) is 316 cm³/mol. The predicted octanol–water partition coefficient (Wildman–Crippen LogP) is 19.3. The average Bonchev–Trinajstić information content (AvgIpc) is 3.39. The summed E-state index contributed by atoms with van der Waals surface area (Å²) in [5.41, 5.74) is 0. The highest BCUT2D eigenvalue weighted by atomic mass is 16.3. The number of allylic oxidation sites excluding steroid dienone is 8. The number of nitrogens with one attached hydrogen (secondary N) is 1. The van der Waals surface area contributed by atoms with Gasteiger partial charge in [-0.25, -0.2) is 0 Å². The Balaban J connectivity index is 3.56. The van der Waals surface area contributed by atoms with Crippen LogP contribution in [-0.2, 0) is 4.79 Å². The maximum atomic E-state index is 12.6. The molecule has 4 unspecified atom stereocenters. The lowest BCUT2D eigenvalue weighted by Crippen LogP contribution is -2.53. The number of hydrogen-bond acceptors (Lipinski definition) is 5. The summed E-state index contributed by atoms with van der Waals surface area (Å²) in [4.78, 5) is 12.6. The third-order valence-electron chi connectivity index (χ3n) is 15.0. The van der Waals surface area contributed by atoms with Crippen molar-refractivity contribution in [2.45, 2.75) is 359 Å². The number of carbonyl (C=O) groups is 1. The summed E-state index contributed by atoms with van der Waals surface area (Å²) in [5, 5.41) is 44.0. The SMILES string of the molecule is CCCCCCC/C=C/CC/C=C/CC/C=C/CCCC(O)C(O)C(CO)NC(=O)C(O)CCCCCCCCCCCCCCCCCC/C=C\CCCCCCCCCCCCCCCCCCCC. The van der Waals surface area contributed by atoms with Crippen LogP contribution in [0.3, 0.4) is 0 Å². The Kier molecular flexibility index (Phi) is 58.7. The molecular formula is C66H125NO5. The Hall–Kier alpha value is -1.73. The number of unbranched alkanes of at least 4 members (excludes halogenated alkanes) is 42. The number of aliphatic hydroxyl groups is 4. The van der Waals surface area contributed by atoms with E-state index in [1.165, 1.54) is 250 Å². The van der Waals surface area contributed by atoms with Crippen LogP contribution in [0.25, 0.3) is 0 Å². The molecule has 0 aliphatic rings. The molecular weight excluding hydrogens is 887 g/mol. The molecule has 0 heterocycles. The summed E-state index contributed by atoms with van der Waals surface area (Å²) >= 11 is 0. The second-order valence-electron chi connectivity index (χ2n) is 22.1. The van der Waals surface area contributed by atoms with E-state index in [9.17, 15) is 25.2 Å². The van der Waals surface area contributed by atoms with Gasteiger partial charge in [-0.3, -0.25) is 4.79 Å². The Labute approximate surface area is 449 Å². The molecule has 0 aliphatic heterocycles. The van der Waals surface area contributed by atoms with Gasteiger partial charge in [0.2, 0.25) is 5.91 Å². The summed E-state index contributed by atoms with van der Waals surface area (Å²) in [7, 11) is 0. The van der Waals surface area contributed by atoms with E-state index >= 15 is 0 Å². The zero-order chi connectivity index (χ0) is 52.3. The molecule has 0 radical (unpaired) electrons. The summed E-state index contributed by atoms with van der Waals surface area (Å²) < 4.78 is 0. The van der Waals surface area contributed by atoms with Gasteiger partial charge in [0.1, 0.15) is 12.2 Å². The highest BCUT2D eigenvalue weighted by Crippen LogP contribution is 2.18. The first kappa shape index (κ1) is 70.3. The van der Waals surface area contributed by atoms with Crippen molar-refractivity contribution in [2.24, 2.45) is 0 Å². The van der Waals surface area contributed by atoms with E-state index in [2.05, 4.69) is 67.8 Å². The molecule has 0 bridgehead atoms. The van der Waals surface area contributed by atoms with E-state index in [4.69, 9.17) is 0 Å². The van der Waals surface area contributed by atoms with Crippen LogP contribution in [0.4, 0.5) is 0 Å². The van der Waals surface area contributed by atoms with Crippen molar-refractivity contribution in [1.29, 1.82) is 0 Å². The Bertz CT molecular complexity index is 1180. The minimum atomic E-state index is -1.29. The molecule has 72 heavy (non-hydrogen) atoms. The van der Waals surface area contributed by atoms with E-state index in [1.54, 1.807) is 0 Å². The van der Waals surface area contributed by atoms with Crippen molar-refractivity contribution < 1.29 is 25.2 Å². The first-order valence-electron chi connectivity index (χ1n) is 32.0. The monoisotopic (exact) mass is 1010 g/mol. The smallest absolute Gasteiger partial charge is 0.249 e. The van der Waals surface area contributed by atoms with Crippen LogP contribution in [0.15, 0.2) is 48.6 Å². The summed E-state index contributed by atoms with van der Waals surface area (Å²) in [6.45, 7) is 4.05. The van der Waals surface area contributed by atoms with Crippen molar-refractivity contribution in [3.05, 3.63) is 48.6 Å². The lowest BCUT2D eigenvalue weighted by atomic mass is 10.00. The number of hydrogen-bond donors (Lipinski definition) is 5. The molecule has 0 aromatic carbocycles. The Morgan fingerprint density at radius 1 is 0.333 bits per heavy atom. The lowest BCUT2D eigenvalue weighted by Gasteiger charge is -2.27. The van der Waals surface area contributed by atoms with Crippen LogP contribution in [0.2, 0.25) is 0 Å². The summed E-state index contributed by atoms with van der Waals surface area (Å²) in [6, 6.07) is -1.01. The standard InChI is InChI=1S/C66H125NO5/c1-3-5-7-9-11-13-15-17-19-21-23-24-25-26-27-28-29-30-31-32-33-34-35-36-37-38-39-40-41-42-44-46-48-50-52-54-56-58-60-64(70)66(72)67-62(61-68)65(71)63(69)59-57-55-53-51-49-47-45-43-22-20-18-16-14-12-10-8-6-4-2/h16,18,32-33,43,45,51,53,62-65,68-71H,3-15,17,19-31,34-42,44,46-50,52,54-61H2,1-2H3,(H,67,72)/b18-16+,33-32-,45-43+,53-51+. The topological polar surface area (TPSA) is 110 Å². The minimum Gasteiger partial charge on any atom is -0.394 e. The van der Waals surface area contributed by atoms with Crippen molar-refractivity contribution >= 4 is 5.91 Å². The van der Waals surface area contributed by atoms with Crippen molar-refractivity contribution in [2.75, 3.05) is 6.61 Å². The van der Waals surface area contributed by atoms with Gasteiger partial charge in [-0.05, 0) is 89.9 Å². The fourth-order valence-electron chi connectivity index (χ4n) is 9.96. The van der Waals surface area contributed by atoms with Crippen LogP contribution < -0.4 is 5.32 Å². The molecule has 4 atom stereocenters. The fraction of sp³-hybridized carbons (Fsp3) is 0.864. The van der Waals surface area contributed by atoms with Crippen molar-refractivity contribution in [3.8, 4) is 0 Å². The van der Waals surface area contributed by atoms with Crippen LogP contribution in [-0.4, -0.2) is 57.3 Å². The van der Waals surface area contributed by atoms with Gasteiger partial charge in [0.15, 0.2) is 0 Å². The number of aliphatic hydroxyl groups excluding tert-OH is 4. The van der Waals surface area contributed by atoms with Gasteiger partial charge in [0.05, 0.1) is 18.8 Å². The second kappa shape index (κ2) is 60.1. The fourth-order valence-corrected chi connectivity index (χ4v) is 9.96. The highest BCUT2D eigenvalue weighted by molar-refractivity contribution is 5.80. The Morgan fingerprint density at radius 2 is 0.583 bits per heavy atom. The van der Waals surface area contributed by atoms with E-state index < -0.39 is 36.9 Å². The molecule has 0 aromatic rings. The third-order valence-corrected chi connectivity index (χ3v) is 15.0. The molecule has 0 spiro atoms. The van der Waals surface area contributed by atoms with Gasteiger partial charge in [-0.2, -0.15) is 0 Å². The molecule has 0 aromatic heterocycles. The zero-order valence-corrected chi connectivity index (χ0v) is 48.2. The molecule has 6 nitrogen and oxygen atoms in total. The van der Waals surface area contributed by atoms with Gasteiger partial charge in [-0.1, -0.05) is 294 Å². The van der Waals surface area contributed by atoms with Crippen LogP contribution in [0, 0.1) is 0 Å². The normalized spacial score (nSPS) is 13.9. The molecule has 0 rings (SSSR count). The Morgan fingerprint density at radius 3 is 0.875 bits per heavy atom. The van der Waals surface area contributed by atoms with Crippen molar-refractivity contribution in [1.82, 2.24) is 5.32 Å². The molecule has 0 saturated heterocycles. The van der Waals surface area contributed by atoms with Gasteiger partial charge in [-0.15, -0.1) is 0 Å². The van der Waals surface area contributed by atoms with E-state index in [-0.39, 0.29) is 0 Å². The number of carbonyl (C=O) groups excluding carboxylic acids is 1. The van der Waals surface area contributed by atoms with Crippen LogP contribution >= 0.6 is 0 Å². The van der Waals surface area contributed by atoms with Crippen LogP contribution in [0.1, 0.15) is 335 Å². The minimum absolute atomic E-state index is 0.360. The van der Waals surface area contributed by atoms with Gasteiger partial charge < -0.3 is 25.7 Å². The van der Waals surface area contributed by atoms with Gasteiger partial charge in [0.25, 0.3) is 0 Å². The summed E-state index contributed by atoms with van der Waals surface area (Å²) in [6.07, 6.45) is 78.0. The molecule has 0 saturated carbocycles. The molecule has 0 aliphatic carbocycles. The molecule has 1 amide bonds. The third kappa shape index (κ3) is 53.1. The van der Waals surface area contributed by atoms with Crippen LogP contribution in [0.5, 0.6) is 0 Å². The maximum absolute atomic E-state index is 12.6. The first-order chi connectivity index (χ1) is 35.5. The zero-order valence-electron chi connectivity index (χ0n) is 48.2. The lowest BCUT2D eigenvalue weighted by molar-refractivity contribution is -0.132. The largest absolute Gasteiger partial charge is 0.394 e. The molecule has 424 valence electrons. The second-order valence-corrected chi connectivity index (χ2v) is 22.1. The first-order valence-corrected chi connectivity index (χ1v) is 32.0. The van der Waals surface area contributed by atoms with Crippen molar-refractivity contribution in [3.63, 3.8) is 0 Å². The highest BCUT2D eigenvalue weighted by Gasteiger charge is 2.28. The summed E-state index contributed by atoms with van der Waals surface area (Å²) in [5.74, 6) is -0.596. The molecule has 6 heteroatoms. The number of rotatable bonds is 59. The average molecular weight is 1010 g/mol. The number of amides is 1. The van der Waals surface area contributed by atoms with E-state index in [0.29, 0.717) is 19.3 Å².